The molecule has 0 saturated carbocycles. The first-order valence-electron chi connectivity index (χ1n) is 3.07. The largest absolute Gasteiger partial charge is 0.471 e. The predicted octanol–water partition coefficient (Wildman–Crippen LogP) is -0.622. The van der Waals surface area contributed by atoms with Gasteiger partial charge in [-0.3, -0.25) is 4.79 Å². The third-order valence-corrected chi connectivity index (χ3v) is 1.05. The molecule has 13 heavy (non-hydrogen) atoms. The monoisotopic (exact) mass is 195 g/mol. The molecule has 1 amide bonds. The van der Waals surface area contributed by atoms with Crippen LogP contribution in [0, 0.1) is 0 Å². The Kier molecular flexibility index (Phi) is 2.44. The first-order chi connectivity index (χ1) is 6.00. The van der Waals surface area contributed by atoms with Crippen molar-refractivity contribution in [2.75, 3.05) is 0 Å². The third-order valence-electron chi connectivity index (χ3n) is 1.05. The number of nitrogens with zero attached hydrogens (tertiary/aromatic N) is 3. The number of alkyl halides is 3. The molecule has 72 valence electrons. The van der Waals surface area contributed by atoms with E-state index in [0.717, 1.165) is 0 Å². The number of hydrogen-bond acceptors (Lipinski definition) is 4. The highest BCUT2D eigenvalue weighted by Crippen LogP contribution is 2.13. The minimum atomic E-state index is -4.89. The molecular weight excluding hydrogens is 191 g/mol. The first-order valence-corrected chi connectivity index (χ1v) is 3.07. The Morgan fingerprint density at radius 1 is 1.54 bits per heavy atom. The number of rotatable bonds is 2. The van der Waals surface area contributed by atoms with Gasteiger partial charge in [0.2, 0.25) is 0 Å². The summed E-state index contributed by atoms with van der Waals surface area (Å²) in [5.41, 5.74) is 0. The molecule has 0 aliphatic carbocycles. The van der Waals surface area contributed by atoms with Gasteiger partial charge in [0.1, 0.15) is 0 Å². The molecule has 2 N–H and O–H groups in total. The molecule has 0 aliphatic heterocycles. The van der Waals surface area contributed by atoms with Gasteiger partial charge in [-0.05, 0) is 0 Å². The van der Waals surface area contributed by atoms with E-state index in [2.05, 4.69) is 15.4 Å². The normalized spacial score (nSPS) is 11.3. The quantitative estimate of drug-likeness (QED) is 0.658. The molecule has 0 spiro atoms. The summed E-state index contributed by atoms with van der Waals surface area (Å²) in [6.07, 6.45) is -4.89. The maximum atomic E-state index is 11.6. The third kappa shape index (κ3) is 2.69. The number of H-pyrrole nitrogens is 1. The Balaban J connectivity index is 2.40. The summed E-state index contributed by atoms with van der Waals surface area (Å²) in [5, 5.41) is 13.4. The van der Waals surface area contributed by atoms with Gasteiger partial charge in [0.15, 0.2) is 5.82 Å². The average molecular weight is 195 g/mol. The zero-order valence-corrected chi connectivity index (χ0v) is 6.09. The van der Waals surface area contributed by atoms with E-state index in [1.807, 2.05) is 5.21 Å². The number of aromatic amines is 1. The minimum absolute atomic E-state index is 0.0161. The Hall–Kier alpha value is -1.67. The fourth-order valence-electron chi connectivity index (χ4n) is 0.517. The average Bonchev–Trinajstić information content (AvgIpc) is 2.50. The lowest BCUT2D eigenvalue weighted by molar-refractivity contribution is -0.173. The lowest BCUT2D eigenvalue weighted by atomic mass is 10.5. The summed E-state index contributed by atoms with van der Waals surface area (Å²) in [4.78, 5) is 10.2. The van der Waals surface area contributed by atoms with E-state index in [1.54, 1.807) is 5.32 Å². The summed E-state index contributed by atoms with van der Waals surface area (Å²) in [5.74, 6) is -2.05. The van der Waals surface area contributed by atoms with Crippen LogP contribution in [-0.2, 0) is 11.3 Å². The fourth-order valence-corrected chi connectivity index (χ4v) is 0.517. The molecule has 6 nitrogen and oxygen atoms in total. The Labute approximate surface area is 69.5 Å². The van der Waals surface area contributed by atoms with Gasteiger partial charge in [-0.15, -0.1) is 10.2 Å². The highest BCUT2D eigenvalue weighted by molar-refractivity contribution is 5.81. The van der Waals surface area contributed by atoms with Crippen molar-refractivity contribution in [3.63, 3.8) is 0 Å². The summed E-state index contributed by atoms with van der Waals surface area (Å²) >= 11 is 0. The van der Waals surface area contributed by atoms with Crippen molar-refractivity contribution in [3.8, 4) is 0 Å². The number of halogens is 3. The van der Waals surface area contributed by atoms with Crippen molar-refractivity contribution in [1.82, 2.24) is 25.9 Å². The van der Waals surface area contributed by atoms with Crippen molar-refractivity contribution in [2.24, 2.45) is 0 Å². The number of hydrogen-bond donors (Lipinski definition) is 2. The summed E-state index contributed by atoms with van der Waals surface area (Å²) in [6, 6.07) is 0. The molecule has 1 rings (SSSR count). The zero-order valence-electron chi connectivity index (χ0n) is 6.09. The van der Waals surface area contributed by atoms with Crippen LogP contribution in [0.2, 0.25) is 0 Å². The van der Waals surface area contributed by atoms with Gasteiger partial charge >= 0.3 is 12.1 Å². The van der Waals surface area contributed by atoms with E-state index in [4.69, 9.17) is 0 Å². The maximum Gasteiger partial charge on any atom is 0.471 e. The van der Waals surface area contributed by atoms with Crippen LogP contribution in [0.1, 0.15) is 5.82 Å². The van der Waals surface area contributed by atoms with Gasteiger partial charge < -0.3 is 5.32 Å². The van der Waals surface area contributed by atoms with Crippen LogP contribution in [0.15, 0.2) is 0 Å². The van der Waals surface area contributed by atoms with Crippen molar-refractivity contribution in [3.05, 3.63) is 5.82 Å². The van der Waals surface area contributed by atoms with E-state index in [0.29, 0.717) is 0 Å². The number of nitrogens with one attached hydrogen (secondary N) is 2. The van der Waals surface area contributed by atoms with Crippen molar-refractivity contribution in [2.45, 2.75) is 12.7 Å². The van der Waals surface area contributed by atoms with Crippen LogP contribution in [0.3, 0.4) is 0 Å². The molecule has 1 aromatic rings. The number of carbonyl (C=O) groups is 1. The Morgan fingerprint density at radius 3 is 2.69 bits per heavy atom. The lowest BCUT2D eigenvalue weighted by Gasteiger charge is -2.04. The van der Waals surface area contributed by atoms with Crippen LogP contribution in [0.5, 0.6) is 0 Å². The molecule has 1 aromatic heterocycles. The van der Waals surface area contributed by atoms with E-state index in [-0.39, 0.29) is 5.82 Å². The molecule has 0 aliphatic rings. The van der Waals surface area contributed by atoms with Gasteiger partial charge in [-0.1, -0.05) is 5.21 Å². The SMILES string of the molecule is O=C(NCc1nn[nH]n1)C(F)(F)F. The van der Waals surface area contributed by atoms with Crippen LogP contribution in [0.4, 0.5) is 13.2 Å². The smallest absolute Gasteiger partial charge is 0.341 e. The summed E-state index contributed by atoms with van der Waals surface area (Å²) in [6.45, 7) is -0.408. The second-order valence-electron chi connectivity index (χ2n) is 2.01. The van der Waals surface area contributed by atoms with Crippen molar-refractivity contribution in [1.29, 1.82) is 0 Å². The van der Waals surface area contributed by atoms with Crippen LogP contribution >= 0.6 is 0 Å². The Bertz CT molecular complexity index is 280. The highest BCUT2D eigenvalue weighted by atomic mass is 19.4. The standard InChI is InChI=1S/C4H4F3N5O/c5-4(6,7)3(13)8-1-2-9-11-12-10-2/h1H2,(H,8,13)(H,9,10,11,12). The van der Waals surface area contributed by atoms with Crippen LogP contribution in [0.25, 0.3) is 0 Å². The van der Waals surface area contributed by atoms with Crippen LogP contribution in [-0.4, -0.2) is 32.7 Å². The number of carbonyl (C=O) groups excluding carboxylic acids is 1. The van der Waals surface area contributed by atoms with Gasteiger partial charge in [0, 0.05) is 0 Å². The molecule has 9 heteroatoms. The van der Waals surface area contributed by atoms with Crippen LogP contribution < -0.4 is 5.32 Å². The lowest BCUT2D eigenvalue weighted by Crippen LogP contribution is -2.36. The predicted molar refractivity (Wildman–Crippen MR) is 32.1 cm³/mol. The molecule has 0 unspecified atom stereocenters. The second-order valence-corrected chi connectivity index (χ2v) is 2.01. The maximum absolute atomic E-state index is 11.6. The fraction of sp³-hybridized carbons (Fsp3) is 0.500. The molecule has 0 bridgehead atoms. The van der Waals surface area contributed by atoms with E-state index in [9.17, 15) is 18.0 Å². The van der Waals surface area contributed by atoms with E-state index < -0.39 is 18.6 Å². The number of aromatic nitrogens is 4. The highest BCUT2D eigenvalue weighted by Gasteiger charge is 2.38. The molecule has 0 radical (unpaired) electrons. The van der Waals surface area contributed by atoms with Crippen molar-refractivity contribution < 1.29 is 18.0 Å². The van der Waals surface area contributed by atoms with Gasteiger partial charge in [0.05, 0.1) is 6.54 Å². The first kappa shape index (κ1) is 9.42. The molecule has 0 aromatic carbocycles. The molecular formula is C4H4F3N5O. The second kappa shape index (κ2) is 3.37. The summed E-state index contributed by atoms with van der Waals surface area (Å²) in [7, 11) is 0. The molecule has 0 saturated heterocycles. The number of amides is 1. The van der Waals surface area contributed by atoms with E-state index in [1.165, 1.54) is 0 Å². The topological polar surface area (TPSA) is 83.6 Å². The molecule has 0 atom stereocenters. The molecule has 0 fully saturated rings. The minimum Gasteiger partial charge on any atom is -0.341 e. The zero-order chi connectivity index (χ0) is 9.90. The van der Waals surface area contributed by atoms with Gasteiger partial charge in [-0.25, -0.2) is 0 Å². The van der Waals surface area contributed by atoms with Gasteiger partial charge in [-0.2, -0.15) is 18.4 Å². The summed E-state index contributed by atoms with van der Waals surface area (Å²) < 4.78 is 34.8. The number of tetrazole rings is 1. The van der Waals surface area contributed by atoms with E-state index >= 15 is 0 Å². The van der Waals surface area contributed by atoms with Gasteiger partial charge in [0.25, 0.3) is 0 Å². The molecule has 1 heterocycles. The Morgan fingerprint density at radius 2 is 2.23 bits per heavy atom. The van der Waals surface area contributed by atoms with Crippen molar-refractivity contribution >= 4 is 5.91 Å².